The van der Waals surface area contributed by atoms with Crippen molar-refractivity contribution in [2.75, 3.05) is 5.32 Å². The average molecular weight is 328 g/mol. The van der Waals surface area contributed by atoms with Gasteiger partial charge in [0.25, 0.3) is 5.91 Å². The van der Waals surface area contributed by atoms with Gasteiger partial charge in [0.15, 0.2) is 0 Å². The van der Waals surface area contributed by atoms with E-state index in [0.717, 1.165) is 0 Å². The fourth-order valence-corrected chi connectivity index (χ4v) is 1.81. The summed E-state index contributed by atoms with van der Waals surface area (Å²) >= 11 is 8.96. The lowest BCUT2D eigenvalue weighted by Gasteiger charge is -2.07. The second kappa shape index (κ2) is 5.37. The molecule has 1 aromatic carbocycles. The molecule has 2 N–H and O–H groups in total. The third-order valence-corrected chi connectivity index (χ3v) is 3.34. The molecular weight excluding hydrogens is 320 g/mol. The molecule has 0 aliphatic carbocycles. The van der Waals surface area contributed by atoms with Crippen molar-refractivity contribution in [2.45, 2.75) is 0 Å². The highest BCUT2D eigenvalue weighted by molar-refractivity contribution is 9.10. The van der Waals surface area contributed by atoms with Crippen LogP contribution in [-0.2, 0) is 0 Å². The lowest BCUT2D eigenvalue weighted by atomic mass is 10.2. The van der Waals surface area contributed by atoms with E-state index in [-0.39, 0.29) is 11.3 Å². The molecule has 2 rings (SSSR count). The number of amides is 1. The first-order valence-corrected chi connectivity index (χ1v) is 6.15. The van der Waals surface area contributed by atoms with E-state index in [4.69, 9.17) is 11.6 Å². The smallest absolute Gasteiger partial charge is 0.259 e. The van der Waals surface area contributed by atoms with Gasteiger partial charge in [-0.1, -0.05) is 23.7 Å². The Morgan fingerprint density at radius 1 is 1.39 bits per heavy atom. The van der Waals surface area contributed by atoms with Crippen molar-refractivity contribution in [2.24, 2.45) is 0 Å². The summed E-state index contributed by atoms with van der Waals surface area (Å²) in [6.07, 6.45) is 1.44. The van der Waals surface area contributed by atoms with Crippen LogP contribution in [-0.4, -0.2) is 16.0 Å². The van der Waals surface area contributed by atoms with Gasteiger partial charge in [0.2, 0.25) is 0 Å². The molecule has 0 unspecified atom stereocenters. The number of phenols is 1. The van der Waals surface area contributed by atoms with Gasteiger partial charge in [-0.2, -0.15) is 0 Å². The number of pyridine rings is 1. The molecule has 18 heavy (non-hydrogen) atoms. The van der Waals surface area contributed by atoms with Gasteiger partial charge in [0, 0.05) is 0 Å². The van der Waals surface area contributed by atoms with Crippen LogP contribution in [0.5, 0.6) is 5.75 Å². The monoisotopic (exact) mass is 326 g/mol. The molecule has 0 atom stereocenters. The summed E-state index contributed by atoms with van der Waals surface area (Å²) in [6, 6.07) is 7.93. The number of benzene rings is 1. The van der Waals surface area contributed by atoms with Gasteiger partial charge in [0.1, 0.15) is 10.9 Å². The standard InChI is InChI=1S/C12H8BrClN2O2/c13-9-5-7(6-15-11(9)14)16-12(18)8-3-1-2-4-10(8)17/h1-6,17H,(H,16,18). The predicted molar refractivity (Wildman–Crippen MR) is 73.0 cm³/mol. The Morgan fingerprint density at radius 3 is 2.78 bits per heavy atom. The van der Waals surface area contributed by atoms with Crippen molar-refractivity contribution in [1.82, 2.24) is 4.98 Å². The van der Waals surface area contributed by atoms with Gasteiger partial charge in [-0.15, -0.1) is 0 Å². The summed E-state index contributed by atoms with van der Waals surface area (Å²) in [5.41, 5.74) is 0.683. The molecule has 0 aliphatic heterocycles. The predicted octanol–water partition coefficient (Wildman–Crippen LogP) is 3.46. The molecule has 4 nitrogen and oxygen atoms in total. The summed E-state index contributed by atoms with van der Waals surface area (Å²) < 4.78 is 0.583. The van der Waals surface area contributed by atoms with E-state index < -0.39 is 5.91 Å². The van der Waals surface area contributed by atoms with Crippen LogP contribution in [0.15, 0.2) is 41.0 Å². The Kier molecular flexibility index (Phi) is 3.84. The highest BCUT2D eigenvalue weighted by atomic mass is 79.9. The number of phenolic OH excluding ortho intramolecular Hbond substituents is 1. The van der Waals surface area contributed by atoms with E-state index in [1.165, 1.54) is 18.3 Å². The normalized spacial score (nSPS) is 10.1. The van der Waals surface area contributed by atoms with Gasteiger partial charge < -0.3 is 10.4 Å². The van der Waals surface area contributed by atoms with E-state index in [0.29, 0.717) is 15.3 Å². The Balaban J connectivity index is 2.22. The summed E-state index contributed by atoms with van der Waals surface area (Å²) in [7, 11) is 0. The van der Waals surface area contributed by atoms with Crippen molar-refractivity contribution in [3.05, 3.63) is 51.7 Å². The van der Waals surface area contributed by atoms with Crippen LogP contribution < -0.4 is 5.32 Å². The molecule has 1 aromatic heterocycles. The van der Waals surface area contributed by atoms with Gasteiger partial charge in [-0.25, -0.2) is 4.98 Å². The maximum absolute atomic E-state index is 11.9. The van der Waals surface area contributed by atoms with Crippen molar-refractivity contribution >= 4 is 39.1 Å². The molecule has 6 heteroatoms. The summed E-state index contributed by atoms with van der Waals surface area (Å²) in [6.45, 7) is 0. The number of anilines is 1. The highest BCUT2D eigenvalue weighted by Crippen LogP contribution is 2.24. The molecule has 1 amide bonds. The molecule has 0 saturated carbocycles. The van der Waals surface area contributed by atoms with Crippen LogP contribution in [0.3, 0.4) is 0 Å². The van der Waals surface area contributed by atoms with Gasteiger partial charge >= 0.3 is 0 Å². The minimum atomic E-state index is -0.413. The molecule has 0 radical (unpaired) electrons. The van der Waals surface area contributed by atoms with Crippen LogP contribution in [0.2, 0.25) is 5.15 Å². The zero-order valence-corrected chi connectivity index (χ0v) is 11.4. The van der Waals surface area contributed by atoms with Gasteiger partial charge in [0.05, 0.1) is 21.9 Å². The molecule has 0 fully saturated rings. The molecule has 0 aliphatic rings. The summed E-state index contributed by atoms with van der Waals surface area (Å²) in [4.78, 5) is 15.8. The first-order chi connectivity index (χ1) is 8.58. The van der Waals surface area contributed by atoms with Crippen LogP contribution in [0.25, 0.3) is 0 Å². The third kappa shape index (κ3) is 2.80. The minimum absolute atomic E-state index is 0.0732. The Hall–Kier alpha value is -1.59. The number of para-hydroxylation sites is 1. The minimum Gasteiger partial charge on any atom is -0.507 e. The molecule has 1 heterocycles. The zero-order chi connectivity index (χ0) is 13.1. The average Bonchev–Trinajstić information content (AvgIpc) is 2.34. The SMILES string of the molecule is O=C(Nc1cnc(Cl)c(Br)c1)c1ccccc1O. The molecular formula is C12H8BrClN2O2. The summed E-state index contributed by atoms with van der Waals surface area (Å²) in [5.74, 6) is -0.486. The number of nitrogens with one attached hydrogen (secondary N) is 1. The number of nitrogens with zero attached hydrogens (tertiary/aromatic N) is 1. The lowest BCUT2D eigenvalue weighted by Crippen LogP contribution is -2.12. The highest BCUT2D eigenvalue weighted by Gasteiger charge is 2.11. The Morgan fingerprint density at radius 2 is 2.11 bits per heavy atom. The maximum Gasteiger partial charge on any atom is 0.259 e. The molecule has 92 valence electrons. The van der Waals surface area contributed by atoms with Crippen LogP contribution in [0.4, 0.5) is 5.69 Å². The topological polar surface area (TPSA) is 62.2 Å². The van der Waals surface area contributed by atoms with E-state index in [1.54, 1.807) is 18.2 Å². The number of carbonyl (C=O) groups excluding carboxylic acids is 1. The van der Waals surface area contributed by atoms with E-state index >= 15 is 0 Å². The quantitative estimate of drug-likeness (QED) is 0.830. The molecule has 0 saturated heterocycles. The fourth-order valence-electron chi connectivity index (χ4n) is 1.35. The largest absolute Gasteiger partial charge is 0.507 e. The van der Waals surface area contributed by atoms with E-state index in [2.05, 4.69) is 26.2 Å². The number of hydrogen-bond donors (Lipinski definition) is 2. The molecule has 2 aromatic rings. The Labute approximate surface area is 117 Å². The second-order valence-electron chi connectivity index (χ2n) is 3.47. The van der Waals surface area contributed by atoms with Crippen LogP contribution in [0.1, 0.15) is 10.4 Å². The first kappa shape index (κ1) is 12.9. The fraction of sp³-hybridized carbons (Fsp3) is 0. The van der Waals surface area contributed by atoms with E-state index in [1.807, 2.05) is 0 Å². The number of carbonyl (C=O) groups is 1. The number of aromatic nitrogens is 1. The number of hydrogen-bond acceptors (Lipinski definition) is 3. The maximum atomic E-state index is 11.9. The third-order valence-electron chi connectivity index (χ3n) is 2.20. The van der Waals surface area contributed by atoms with Crippen molar-refractivity contribution in [3.8, 4) is 5.75 Å². The Bertz CT molecular complexity index is 604. The van der Waals surface area contributed by atoms with Crippen molar-refractivity contribution in [3.63, 3.8) is 0 Å². The molecule has 0 spiro atoms. The number of halogens is 2. The number of aromatic hydroxyl groups is 1. The number of rotatable bonds is 2. The van der Waals surface area contributed by atoms with Crippen molar-refractivity contribution < 1.29 is 9.90 Å². The summed E-state index contributed by atoms with van der Waals surface area (Å²) in [5, 5.41) is 12.5. The van der Waals surface area contributed by atoms with Crippen LogP contribution >= 0.6 is 27.5 Å². The lowest BCUT2D eigenvalue weighted by molar-refractivity contribution is 0.102. The second-order valence-corrected chi connectivity index (χ2v) is 4.68. The van der Waals surface area contributed by atoms with Crippen LogP contribution in [0, 0.1) is 0 Å². The van der Waals surface area contributed by atoms with Gasteiger partial charge in [-0.3, -0.25) is 4.79 Å². The van der Waals surface area contributed by atoms with Crippen molar-refractivity contribution in [1.29, 1.82) is 0 Å². The van der Waals surface area contributed by atoms with E-state index in [9.17, 15) is 9.90 Å². The van der Waals surface area contributed by atoms with Gasteiger partial charge in [-0.05, 0) is 34.1 Å². The molecule has 0 bridgehead atoms. The zero-order valence-electron chi connectivity index (χ0n) is 9.02. The first-order valence-electron chi connectivity index (χ1n) is 4.98.